The Kier molecular flexibility index (Phi) is 3.69. The van der Waals surface area contributed by atoms with Crippen LogP contribution in [-0.4, -0.2) is 56.9 Å². The maximum Gasteiger partial charge on any atom is 0.243 e. The number of nitrogens with zero attached hydrogens (tertiary/aromatic N) is 1. The molecule has 2 rings (SSSR count). The highest BCUT2D eigenvalue weighted by Gasteiger charge is 2.42. The van der Waals surface area contributed by atoms with Gasteiger partial charge in [0.25, 0.3) is 0 Å². The molecule has 8 heteroatoms. The van der Waals surface area contributed by atoms with Gasteiger partial charge in [0.15, 0.2) is 9.84 Å². The van der Waals surface area contributed by atoms with Crippen molar-refractivity contribution in [3.63, 3.8) is 0 Å². The fraction of sp³-hybridized carbons (Fsp3) is 0.455. The van der Waals surface area contributed by atoms with E-state index in [9.17, 15) is 21.9 Å². The lowest BCUT2D eigenvalue weighted by atomic mass is 10.2. The van der Waals surface area contributed by atoms with Crippen molar-refractivity contribution in [2.45, 2.75) is 17.0 Å². The minimum atomic E-state index is -3.80. The lowest BCUT2D eigenvalue weighted by Crippen LogP contribution is -2.44. The molecule has 0 bridgehead atoms. The molecule has 1 aromatic rings. The molecule has 0 aromatic heterocycles. The van der Waals surface area contributed by atoms with Gasteiger partial charge in [0.05, 0.1) is 28.5 Å². The molecule has 1 heterocycles. The summed E-state index contributed by atoms with van der Waals surface area (Å²) in [6, 6.07) is 6.79. The van der Waals surface area contributed by atoms with Gasteiger partial charge in [0, 0.05) is 7.05 Å². The van der Waals surface area contributed by atoms with Gasteiger partial charge in [-0.2, -0.15) is 4.31 Å². The largest absolute Gasteiger partial charge is 0.390 e. The first kappa shape index (κ1) is 14.4. The van der Waals surface area contributed by atoms with Crippen LogP contribution in [-0.2, 0) is 19.9 Å². The zero-order chi connectivity index (χ0) is 14.3. The maximum atomic E-state index is 12.3. The third-order valence-electron chi connectivity index (χ3n) is 3.18. The summed E-state index contributed by atoms with van der Waals surface area (Å²) in [5, 5.41) is 9.72. The molecule has 6 nitrogen and oxygen atoms in total. The Labute approximate surface area is 112 Å². The summed E-state index contributed by atoms with van der Waals surface area (Å²) >= 11 is 0. The number of likely N-dealkylation sites (N-methyl/N-ethyl adjacent to an activating group) is 1. The van der Waals surface area contributed by atoms with E-state index >= 15 is 0 Å². The molecule has 1 N–H and O–H groups in total. The number of hydrogen-bond donors (Lipinski definition) is 1. The molecule has 0 spiro atoms. The zero-order valence-corrected chi connectivity index (χ0v) is 11.9. The van der Waals surface area contributed by atoms with Crippen LogP contribution in [0.1, 0.15) is 0 Å². The van der Waals surface area contributed by atoms with E-state index in [2.05, 4.69) is 0 Å². The average Bonchev–Trinajstić information content (AvgIpc) is 2.63. The smallest absolute Gasteiger partial charge is 0.243 e. The SMILES string of the molecule is CN(C1CS(=O)(=O)CC1O)S(=O)(=O)c1ccccc1. The van der Waals surface area contributed by atoms with E-state index in [4.69, 9.17) is 0 Å². The molecule has 0 aliphatic carbocycles. The van der Waals surface area contributed by atoms with Crippen LogP contribution in [0.25, 0.3) is 0 Å². The number of rotatable bonds is 3. The van der Waals surface area contributed by atoms with Crippen molar-refractivity contribution in [3.05, 3.63) is 30.3 Å². The molecular formula is C11H15NO5S2. The molecule has 1 aromatic carbocycles. The van der Waals surface area contributed by atoms with Gasteiger partial charge in [-0.25, -0.2) is 16.8 Å². The van der Waals surface area contributed by atoms with Crippen molar-refractivity contribution in [1.29, 1.82) is 0 Å². The third-order valence-corrected chi connectivity index (χ3v) is 6.78. The summed E-state index contributed by atoms with van der Waals surface area (Å²) in [5.74, 6) is -0.747. The van der Waals surface area contributed by atoms with Crippen LogP contribution in [0.2, 0.25) is 0 Å². The van der Waals surface area contributed by atoms with Crippen molar-refractivity contribution in [3.8, 4) is 0 Å². The second-order valence-electron chi connectivity index (χ2n) is 4.55. The molecule has 1 aliphatic heterocycles. The summed E-state index contributed by atoms with van der Waals surface area (Å²) in [6.45, 7) is 0. The minimum Gasteiger partial charge on any atom is -0.390 e. The average molecular weight is 305 g/mol. The van der Waals surface area contributed by atoms with Gasteiger partial charge in [0.2, 0.25) is 10.0 Å². The van der Waals surface area contributed by atoms with Gasteiger partial charge in [-0.15, -0.1) is 0 Å². The van der Waals surface area contributed by atoms with Crippen LogP contribution >= 0.6 is 0 Å². The highest BCUT2D eigenvalue weighted by atomic mass is 32.2. The van der Waals surface area contributed by atoms with E-state index < -0.39 is 37.8 Å². The first-order chi connectivity index (χ1) is 8.74. The number of aliphatic hydroxyl groups is 1. The molecule has 19 heavy (non-hydrogen) atoms. The van der Waals surface area contributed by atoms with E-state index in [-0.39, 0.29) is 10.6 Å². The van der Waals surface area contributed by atoms with Crippen LogP contribution in [0, 0.1) is 0 Å². The first-order valence-electron chi connectivity index (χ1n) is 5.65. The highest BCUT2D eigenvalue weighted by Crippen LogP contribution is 2.23. The molecule has 0 radical (unpaired) electrons. The van der Waals surface area contributed by atoms with Gasteiger partial charge < -0.3 is 5.11 Å². The zero-order valence-electron chi connectivity index (χ0n) is 10.3. The van der Waals surface area contributed by atoms with Crippen molar-refractivity contribution in [2.75, 3.05) is 18.6 Å². The van der Waals surface area contributed by atoms with Gasteiger partial charge >= 0.3 is 0 Å². The number of sulfonamides is 1. The molecule has 0 amide bonds. The minimum absolute atomic E-state index is 0.0778. The van der Waals surface area contributed by atoms with Gasteiger partial charge in [-0.3, -0.25) is 0 Å². The summed E-state index contributed by atoms with van der Waals surface area (Å²) in [4.78, 5) is 0.0778. The molecule has 1 saturated heterocycles. The Morgan fingerprint density at radius 1 is 1.21 bits per heavy atom. The fourth-order valence-electron chi connectivity index (χ4n) is 2.09. The topological polar surface area (TPSA) is 91.8 Å². The van der Waals surface area contributed by atoms with Gasteiger partial charge in [-0.1, -0.05) is 18.2 Å². The molecule has 106 valence electrons. The first-order valence-corrected chi connectivity index (χ1v) is 8.92. The summed E-state index contributed by atoms with van der Waals surface area (Å²) in [5.41, 5.74) is 0. The fourth-order valence-corrected chi connectivity index (χ4v) is 5.44. The van der Waals surface area contributed by atoms with Gasteiger partial charge in [-0.05, 0) is 12.1 Å². The van der Waals surface area contributed by atoms with E-state index in [1.54, 1.807) is 18.2 Å². The summed E-state index contributed by atoms with van der Waals surface area (Å²) in [7, 11) is -5.90. The van der Waals surface area contributed by atoms with Gasteiger partial charge in [0.1, 0.15) is 0 Å². The Morgan fingerprint density at radius 2 is 1.79 bits per heavy atom. The normalized spacial score (nSPS) is 26.7. The van der Waals surface area contributed by atoms with Crippen LogP contribution in [0.3, 0.4) is 0 Å². The van der Waals surface area contributed by atoms with Crippen molar-refractivity contribution in [2.24, 2.45) is 0 Å². The van der Waals surface area contributed by atoms with Crippen molar-refractivity contribution < 1.29 is 21.9 Å². The number of sulfone groups is 1. The van der Waals surface area contributed by atoms with Crippen LogP contribution < -0.4 is 0 Å². The van der Waals surface area contributed by atoms with Crippen LogP contribution in [0.4, 0.5) is 0 Å². The molecule has 2 atom stereocenters. The Balaban J connectivity index is 2.33. The monoisotopic (exact) mass is 305 g/mol. The molecule has 1 fully saturated rings. The van der Waals surface area contributed by atoms with Crippen molar-refractivity contribution >= 4 is 19.9 Å². The standard InChI is InChI=1S/C11H15NO5S2/c1-12(10-7-18(14,15)8-11(10)13)19(16,17)9-5-3-2-4-6-9/h2-6,10-11,13H,7-8H2,1H3. The van der Waals surface area contributed by atoms with E-state index in [0.29, 0.717) is 0 Å². The number of benzene rings is 1. The molecular weight excluding hydrogens is 290 g/mol. The van der Waals surface area contributed by atoms with E-state index in [1.165, 1.54) is 19.2 Å². The predicted octanol–water partition coefficient (Wildman–Crippen LogP) is -0.535. The second-order valence-corrected chi connectivity index (χ2v) is 8.70. The molecule has 0 saturated carbocycles. The molecule has 2 unspecified atom stereocenters. The quantitative estimate of drug-likeness (QED) is 0.810. The lowest BCUT2D eigenvalue weighted by Gasteiger charge is -2.25. The number of hydrogen-bond acceptors (Lipinski definition) is 5. The Bertz CT molecular complexity index is 654. The Morgan fingerprint density at radius 3 is 2.26 bits per heavy atom. The van der Waals surface area contributed by atoms with Crippen molar-refractivity contribution in [1.82, 2.24) is 4.31 Å². The summed E-state index contributed by atoms with van der Waals surface area (Å²) in [6.07, 6.45) is -1.19. The predicted molar refractivity (Wildman–Crippen MR) is 69.8 cm³/mol. The second kappa shape index (κ2) is 4.86. The van der Waals surface area contributed by atoms with Crippen LogP contribution in [0.5, 0.6) is 0 Å². The lowest BCUT2D eigenvalue weighted by molar-refractivity contribution is 0.137. The summed E-state index contributed by atoms with van der Waals surface area (Å²) < 4.78 is 48.4. The number of aliphatic hydroxyl groups excluding tert-OH is 1. The van der Waals surface area contributed by atoms with E-state index in [0.717, 1.165) is 4.31 Å². The highest BCUT2D eigenvalue weighted by molar-refractivity contribution is 7.92. The molecule has 1 aliphatic rings. The third kappa shape index (κ3) is 2.81. The van der Waals surface area contributed by atoms with E-state index in [1.807, 2.05) is 0 Å². The maximum absolute atomic E-state index is 12.3. The Hall–Kier alpha value is -0.960. The van der Waals surface area contributed by atoms with Crippen LogP contribution in [0.15, 0.2) is 35.2 Å².